The third kappa shape index (κ3) is 3.32. The van der Waals surface area contributed by atoms with Crippen LogP contribution < -0.4 is 0 Å². The highest BCUT2D eigenvalue weighted by atomic mass is 16.5. The van der Waals surface area contributed by atoms with Gasteiger partial charge in [0.2, 0.25) is 11.8 Å². The summed E-state index contributed by atoms with van der Waals surface area (Å²) >= 11 is 0. The quantitative estimate of drug-likeness (QED) is 0.843. The molecule has 3 rings (SSSR count). The molecule has 0 saturated carbocycles. The van der Waals surface area contributed by atoms with Crippen molar-refractivity contribution in [1.82, 2.24) is 20.0 Å². The third-order valence-electron chi connectivity index (χ3n) is 3.97. The molecule has 1 aliphatic heterocycles. The molecule has 2 aromatic rings. The first-order valence-corrected chi connectivity index (χ1v) is 7.76. The molecule has 0 amide bonds. The van der Waals surface area contributed by atoms with Gasteiger partial charge in [0.25, 0.3) is 0 Å². The first-order chi connectivity index (χ1) is 10.3. The highest BCUT2D eigenvalue weighted by molar-refractivity contribution is 5.00. The lowest BCUT2D eigenvalue weighted by molar-refractivity contribution is 0.178. The molecule has 114 valence electrons. The van der Waals surface area contributed by atoms with Crippen LogP contribution in [0, 0.1) is 0 Å². The van der Waals surface area contributed by atoms with E-state index in [1.807, 2.05) is 13.1 Å². The van der Waals surface area contributed by atoms with Gasteiger partial charge in [0, 0.05) is 25.3 Å². The third-order valence-corrected chi connectivity index (χ3v) is 3.97. The molecule has 0 aliphatic carbocycles. The Morgan fingerprint density at radius 2 is 2.19 bits per heavy atom. The predicted molar refractivity (Wildman–Crippen MR) is 76.8 cm³/mol. The van der Waals surface area contributed by atoms with Crippen molar-refractivity contribution < 1.29 is 8.94 Å². The standard InChI is InChI=1S/C15H22N4O2/c1-3-12-8-16-14(20-12)10-19-7-5-6-11(9-19)15-17-13(4-2)21-18-15/h8,11H,3-7,9-10H2,1-2H3. The Balaban J connectivity index is 1.62. The van der Waals surface area contributed by atoms with Gasteiger partial charge in [-0.25, -0.2) is 4.98 Å². The maximum Gasteiger partial charge on any atom is 0.226 e. The minimum absolute atomic E-state index is 0.350. The summed E-state index contributed by atoms with van der Waals surface area (Å²) in [6.45, 7) is 6.86. The molecular formula is C15H22N4O2. The fourth-order valence-electron chi connectivity index (χ4n) is 2.76. The second-order valence-electron chi connectivity index (χ2n) is 5.55. The molecule has 1 saturated heterocycles. The molecule has 0 spiro atoms. The summed E-state index contributed by atoms with van der Waals surface area (Å²) in [5, 5.41) is 4.12. The molecule has 6 nitrogen and oxygen atoms in total. The van der Waals surface area contributed by atoms with Crippen LogP contribution in [0.4, 0.5) is 0 Å². The minimum Gasteiger partial charge on any atom is -0.444 e. The average molecular weight is 290 g/mol. The highest BCUT2D eigenvalue weighted by Gasteiger charge is 2.26. The second kappa shape index (κ2) is 6.39. The molecule has 1 aliphatic rings. The van der Waals surface area contributed by atoms with Crippen LogP contribution in [0.25, 0.3) is 0 Å². The second-order valence-corrected chi connectivity index (χ2v) is 5.55. The first-order valence-electron chi connectivity index (χ1n) is 7.76. The largest absolute Gasteiger partial charge is 0.444 e. The molecule has 0 radical (unpaired) electrons. The molecule has 0 bridgehead atoms. The van der Waals surface area contributed by atoms with E-state index in [9.17, 15) is 0 Å². The number of nitrogens with zero attached hydrogens (tertiary/aromatic N) is 4. The van der Waals surface area contributed by atoms with Crippen LogP contribution in [0.1, 0.15) is 56.0 Å². The lowest BCUT2D eigenvalue weighted by Crippen LogP contribution is -2.34. The number of hydrogen-bond donors (Lipinski definition) is 0. The first kappa shape index (κ1) is 14.3. The van der Waals surface area contributed by atoms with Gasteiger partial charge in [-0.05, 0) is 19.4 Å². The van der Waals surface area contributed by atoms with Crippen molar-refractivity contribution in [1.29, 1.82) is 0 Å². The highest BCUT2D eigenvalue weighted by Crippen LogP contribution is 2.26. The van der Waals surface area contributed by atoms with Gasteiger partial charge in [-0.2, -0.15) is 4.98 Å². The van der Waals surface area contributed by atoms with E-state index in [0.717, 1.165) is 68.7 Å². The van der Waals surface area contributed by atoms with Gasteiger partial charge in [-0.1, -0.05) is 19.0 Å². The van der Waals surface area contributed by atoms with Crippen molar-refractivity contribution in [2.24, 2.45) is 0 Å². The maximum absolute atomic E-state index is 5.70. The van der Waals surface area contributed by atoms with E-state index in [1.165, 1.54) is 0 Å². The number of hydrogen-bond acceptors (Lipinski definition) is 6. The summed E-state index contributed by atoms with van der Waals surface area (Å²) in [6, 6.07) is 0. The topological polar surface area (TPSA) is 68.2 Å². The van der Waals surface area contributed by atoms with Gasteiger partial charge in [-0.15, -0.1) is 0 Å². The molecule has 21 heavy (non-hydrogen) atoms. The van der Waals surface area contributed by atoms with Gasteiger partial charge in [0.1, 0.15) is 5.76 Å². The molecule has 0 N–H and O–H groups in total. The Bertz CT molecular complexity index is 578. The van der Waals surface area contributed by atoms with Crippen LogP contribution in [0.2, 0.25) is 0 Å². The zero-order valence-electron chi connectivity index (χ0n) is 12.7. The molecule has 1 atom stereocenters. The summed E-state index contributed by atoms with van der Waals surface area (Å²) in [7, 11) is 0. The maximum atomic E-state index is 5.70. The van der Waals surface area contributed by atoms with Crippen molar-refractivity contribution >= 4 is 0 Å². The van der Waals surface area contributed by atoms with E-state index in [2.05, 4.69) is 26.9 Å². The van der Waals surface area contributed by atoms with Gasteiger partial charge in [-0.3, -0.25) is 4.90 Å². The summed E-state index contributed by atoms with van der Waals surface area (Å²) in [6.07, 6.45) is 5.76. The Morgan fingerprint density at radius 1 is 1.29 bits per heavy atom. The van der Waals surface area contributed by atoms with Crippen LogP contribution in [-0.2, 0) is 19.4 Å². The Kier molecular flexibility index (Phi) is 4.34. The molecule has 6 heteroatoms. The van der Waals surface area contributed by atoms with Crippen molar-refractivity contribution in [3.63, 3.8) is 0 Å². The fraction of sp³-hybridized carbons (Fsp3) is 0.667. The Morgan fingerprint density at radius 3 is 2.90 bits per heavy atom. The van der Waals surface area contributed by atoms with Crippen LogP contribution in [0.15, 0.2) is 15.1 Å². The van der Waals surface area contributed by atoms with E-state index in [1.54, 1.807) is 0 Å². The van der Waals surface area contributed by atoms with E-state index >= 15 is 0 Å². The van der Waals surface area contributed by atoms with Crippen molar-refractivity contribution in [3.05, 3.63) is 29.6 Å². The van der Waals surface area contributed by atoms with Crippen molar-refractivity contribution in [3.8, 4) is 0 Å². The zero-order valence-corrected chi connectivity index (χ0v) is 12.7. The Hall–Kier alpha value is -1.69. The van der Waals surface area contributed by atoms with Crippen LogP contribution in [-0.4, -0.2) is 33.1 Å². The van der Waals surface area contributed by atoms with Crippen LogP contribution in [0.3, 0.4) is 0 Å². The smallest absolute Gasteiger partial charge is 0.226 e. The number of aromatic nitrogens is 3. The average Bonchev–Trinajstić information content (AvgIpc) is 3.16. The Labute approximate surface area is 124 Å². The molecule has 2 aromatic heterocycles. The summed E-state index contributed by atoms with van der Waals surface area (Å²) in [5.41, 5.74) is 0. The number of piperidine rings is 1. The minimum atomic E-state index is 0.350. The SMILES string of the molecule is CCc1cnc(CN2CCCC(c3noc(CC)n3)C2)o1. The normalized spacial score (nSPS) is 20.0. The molecular weight excluding hydrogens is 268 g/mol. The number of likely N-dealkylation sites (tertiary alicyclic amines) is 1. The molecule has 1 unspecified atom stereocenters. The molecule has 1 fully saturated rings. The lowest BCUT2D eigenvalue weighted by atomic mass is 9.97. The van der Waals surface area contributed by atoms with Crippen molar-refractivity contribution in [2.45, 2.75) is 52.0 Å². The summed E-state index contributed by atoms with van der Waals surface area (Å²) < 4.78 is 10.9. The summed E-state index contributed by atoms with van der Waals surface area (Å²) in [5.74, 6) is 3.67. The van der Waals surface area contributed by atoms with E-state index < -0.39 is 0 Å². The predicted octanol–water partition coefficient (Wildman–Crippen LogP) is 2.56. The lowest BCUT2D eigenvalue weighted by Gasteiger charge is -2.30. The summed E-state index contributed by atoms with van der Waals surface area (Å²) in [4.78, 5) is 11.2. The zero-order chi connectivity index (χ0) is 14.7. The van der Waals surface area contributed by atoms with Crippen molar-refractivity contribution in [2.75, 3.05) is 13.1 Å². The molecule has 0 aromatic carbocycles. The number of oxazole rings is 1. The van der Waals surface area contributed by atoms with E-state index in [4.69, 9.17) is 8.94 Å². The number of rotatable bonds is 5. The van der Waals surface area contributed by atoms with Gasteiger partial charge in [0.05, 0.1) is 12.7 Å². The van der Waals surface area contributed by atoms with Gasteiger partial charge < -0.3 is 8.94 Å². The molecule has 3 heterocycles. The monoisotopic (exact) mass is 290 g/mol. The number of aryl methyl sites for hydroxylation is 2. The van der Waals surface area contributed by atoms with E-state index in [0.29, 0.717) is 5.92 Å². The van der Waals surface area contributed by atoms with E-state index in [-0.39, 0.29) is 0 Å². The van der Waals surface area contributed by atoms with Gasteiger partial charge >= 0.3 is 0 Å². The van der Waals surface area contributed by atoms with Gasteiger partial charge in [0.15, 0.2) is 5.82 Å². The van der Waals surface area contributed by atoms with Crippen LogP contribution >= 0.6 is 0 Å². The van der Waals surface area contributed by atoms with Crippen LogP contribution in [0.5, 0.6) is 0 Å². The fourth-order valence-corrected chi connectivity index (χ4v) is 2.76.